The SMILES string of the molecule is COc1ccccc1N1CCN(C(=O)[C@H](C)NC(=O)[C@@H]2C[C@@H](O)CN2C(=O)C2C3C4CC5C(=O)C5C423)CC1. The van der Waals surface area contributed by atoms with E-state index in [1.807, 2.05) is 24.3 Å². The van der Waals surface area contributed by atoms with Gasteiger partial charge in [-0.05, 0) is 42.7 Å². The molecule has 0 radical (unpaired) electrons. The van der Waals surface area contributed by atoms with Crippen LogP contribution in [0.1, 0.15) is 19.8 Å². The van der Waals surface area contributed by atoms with Gasteiger partial charge < -0.3 is 29.9 Å². The first-order valence-corrected chi connectivity index (χ1v) is 13.8. The molecule has 2 N–H and O–H groups in total. The fraction of sp³-hybridized carbons (Fsp3) is 0.643. The van der Waals surface area contributed by atoms with Crippen LogP contribution in [0, 0.1) is 35.0 Å². The Morgan fingerprint density at radius 1 is 1.13 bits per heavy atom. The lowest BCUT2D eigenvalue weighted by Gasteiger charge is -2.37. The van der Waals surface area contributed by atoms with Crippen molar-refractivity contribution < 1.29 is 29.0 Å². The highest BCUT2D eigenvalue weighted by Gasteiger charge is 2.99. The fourth-order valence-electron chi connectivity index (χ4n) is 8.28. The molecular weight excluding hydrogens is 488 g/mol. The van der Waals surface area contributed by atoms with Crippen molar-refractivity contribution in [2.45, 2.75) is 38.0 Å². The number of hydrogen-bond donors (Lipinski definition) is 2. The molecule has 0 bridgehead atoms. The summed E-state index contributed by atoms with van der Waals surface area (Å²) in [5.41, 5.74) is 0.870. The maximum absolute atomic E-state index is 13.4. The number of para-hydroxylation sites is 2. The number of β-amino-alcohol motifs (C(OH)–C–C–N with tert-alkyl or cyclic N) is 1. The number of carbonyl (C=O) groups is 4. The standard InChI is InChI=1S/C28H34N4O6/c1-14(26(36)31-9-7-30(8-10-31)18-5-3-4-6-20(18)38-2)29-25(35)19-11-15(33)13-32(19)27(37)23-22-17-12-16-21(24(16)34)28(17,22)23/h3-6,14-17,19,21-23,33H,7-13H2,1-2H3,(H,29,35)/t14-,15+,16?,17?,19-,21?,22?,23?,28?/m0/s1. The summed E-state index contributed by atoms with van der Waals surface area (Å²) in [6.07, 6.45) is 0.317. The molecule has 10 nitrogen and oxygen atoms in total. The molecule has 6 fully saturated rings. The number of Topliss-reactive ketones (excluding diaryl/α,β-unsaturated/α-hetero) is 1. The lowest BCUT2D eigenvalue weighted by Crippen LogP contribution is -2.56. The van der Waals surface area contributed by atoms with Gasteiger partial charge in [0.2, 0.25) is 17.7 Å². The predicted octanol–water partition coefficient (Wildman–Crippen LogP) is -0.109. The zero-order valence-electron chi connectivity index (χ0n) is 21.7. The number of methoxy groups -OCH3 is 1. The number of likely N-dealkylation sites (tertiary alicyclic amines) is 1. The van der Waals surface area contributed by atoms with Crippen LogP contribution in [0.25, 0.3) is 0 Å². The molecule has 2 aliphatic heterocycles. The largest absolute Gasteiger partial charge is 0.495 e. The van der Waals surface area contributed by atoms with Crippen molar-refractivity contribution in [2.75, 3.05) is 44.7 Å². The van der Waals surface area contributed by atoms with E-state index in [4.69, 9.17) is 4.74 Å². The van der Waals surface area contributed by atoms with Gasteiger partial charge in [0.15, 0.2) is 0 Å². The second kappa shape index (κ2) is 8.18. The van der Waals surface area contributed by atoms with E-state index in [1.54, 1.807) is 18.9 Å². The number of ether oxygens (including phenoxy) is 1. The molecule has 9 atom stereocenters. The highest BCUT2D eigenvalue weighted by atomic mass is 16.5. The molecule has 1 aromatic rings. The summed E-state index contributed by atoms with van der Waals surface area (Å²) in [5.74, 6) is 1.29. The monoisotopic (exact) mass is 522 g/mol. The molecule has 2 saturated heterocycles. The second-order valence-corrected chi connectivity index (χ2v) is 11.9. The number of nitrogens with one attached hydrogen (secondary N) is 1. The average Bonchev–Trinajstić information content (AvgIpc) is 3.83. The highest BCUT2D eigenvalue weighted by Crippen LogP contribution is 2.96. The van der Waals surface area contributed by atoms with Gasteiger partial charge in [0.25, 0.3) is 0 Å². The van der Waals surface area contributed by atoms with Gasteiger partial charge in [0.05, 0.1) is 18.9 Å². The number of fused-ring (bicyclic) bond motifs is 2. The van der Waals surface area contributed by atoms with Crippen molar-refractivity contribution in [3.05, 3.63) is 24.3 Å². The quantitative estimate of drug-likeness (QED) is 0.535. The van der Waals surface area contributed by atoms with E-state index in [0.717, 1.165) is 17.9 Å². The van der Waals surface area contributed by atoms with E-state index in [-0.39, 0.29) is 47.9 Å². The van der Waals surface area contributed by atoms with Gasteiger partial charge in [0.1, 0.15) is 23.6 Å². The van der Waals surface area contributed by atoms with Crippen LogP contribution >= 0.6 is 0 Å². The molecule has 0 aromatic heterocycles. The average molecular weight is 523 g/mol. The summed E-state index contributed by atoms with van der Waals surface area (Å²) in [7, 11) is 1.64. The first-order valence-electron chi connectivity index (χ1n) is 13.8. The number of hydrogen-bond acceptors (Lipinski definition) is 7. The number of rotatable bonds is 6. The number of nitrogens with zero attached hydrogens (tertiary/aromatic N) is 3. The molecule has 10 heteroatoms. The summed E-state index contributed by atoms with van der Waals surface area (Å²) >= 11 is 0. The van der Waals surface area contributed by atoms with E-state index in [2.05, 4.69) is 10.2 Å². The van der Waals surface area contributed by atoms with Crippen LogP contribution in [-0.4, -0.2) is 96.4 Å². The van der Waals surface area contributed by atoms with Crippen molar-refractivity contribution in [1.82, 2.24) is 15.1 Å². The first-order chi connectivity index (χ1) is 18.3. The van der Waals surface area contributed by atoms with E-state index in [1.165, 1.54) is 4.90 Å². The summed E-state index contributed by atoms with van der Waals surface area (Å²) in [5, 5.41) is 13.1. The third kappa shape index (κ3) is 3.21. The Hall–Kier alpha value is -3.14. The minimum atomic E-state index is -0.794. The molecule has 202 valence electrons. The Labute approximate surface area is 221 Å². The third-order valence-corrected chi connectivity index (χ3v) is 10.2. The van der Waals surface area contributed by atoms with Crippen molar-refractivity contribution in [2.24, 2.45) is 35.0 Å². The molecule has 38 heavy (non-hydrogen) atoms. The maximum Gasteiger partial charge on any atom is 0.244 e. The van der Waals surface area contributed by atoms with Crippen LogP contribution in [0.15, 0.2) is 24.3 Å². The molecule has 4 saturated carbocycles. The Kier molecular flexibility index (Phi) is 5.15. The fourth-order valence-corrected chi connectivity index (χ4v) is 8.28. The van der Waals surface area contributed by atoms with Crippen LogP contribution in [0.5, 0.6) is 5.75 Å². The lowest BCUT2D eigenvalue weighted by atomic mass is 9.93. The summed E-state index contributed by atoms with van der Waals surface area (Å²) in [4.78, 5) is 57.3. The van der Waals surface area contributed by atoms with Crippen LogP contribution in [-0.2, 0) is 19.2 Å². The van der Waals surface area contributed by atoms with Gasteiger partial charge in [-0.1, -0.05) is 12.1 Å². The maximum atomic E-state index is 13.4. The van der Waals surface area contributed by atoms with Gasteiger partial charge >= 0.3 is 0 Å². The molecule has 3 amide bonds. The minimum absolute atomic E-state index is 0.0624. The van der Waals surface area contributed by atoms with Crippen molar-refractivity contribution in [3.63, 3.8) is 0 Å². The van der Waals surface area contributed by atoms with E-state index in [0.29, 0.717) is 43.8 Å². The number of benzene rings is 1. The van der Waals surface area contributed by atoms with E-state index in [9.17, 15) is 24.3 Å². The lowest BCUT2D eigenvalue weighted by molar-refractivity contribution is -0.143. The van der Waals surface area contributed by atoms with Gasteiger partial charge in [-0.25, -0.2) is 0 Å². The Morgan fingerprint density at radius 3 is 2.61 bits per heavy atom. The molecule has 1 spiro atoms. The zero-order valence-corrected chi connectivity index (χ0v) is 21.7. The van der Waals surface area contributed by atoms with E-state index < -0.39 is 24.1 Å². The van der Waals surface area contributed by atoms with Crippen molar-refractivity contribution in [1.29, 1.82) is 0 Å². The number of aliphatic hydroxyl groups excluding tert-OH is 1. The molecule has 6 aliphatic rings. The van der Waals surface area contributed by atoms with Crippen molar-refractivity contribution in [3.8, 4) is 5.75 Å². The molecule has 6 unspecified atom stereocenters. The Bertz CT molecular complexity index is 1230. The molecule has 1 aromatic carbocycles. The van der Waals surface area contributed by atoms with Crippen LogP contribution in [0.3, 0.4) is 0 Å². The van der Waals surface area contributed by atoms with Crippen LogP contribution in [0.2, 0.25) is 0 Å². The Balaban J connectivity index is 0.949. The number of anilines is 1. The number of piperazine rings is 1. The normalized spacial score (nSPS) is 38.7. The van der Waals surface area contributed by atoms with Crippen LogP contribution in [0.4, 0.5) is 5.69 Å². The topological polar surface area (TPSA) is 119 Å². The van der Waals surface area contributed by atoms with Gasteiger partial charge in [-0.3, -0.25) is 19.2 Å². The second-order valence-electron chi connectivity index (χ2n) is 11.9. The number of aliphatic hydroxyl groups is 1. The third-order valence-electron chi connectivity index (χ3n) is 10.2. The molecule has 4 aliphatic carbocycles. The van der Waals surface area contributed by atoms with Gasteiger partial charge in [-0.2, -0.15) is 0 Å². The summed E-state index contributed by atoms with van der Waals surface area (Å²) in [6, 6.07) is 6.26. The molecule has 7 rings (SSSR count). The molecular formula is C28H34N4O6. The minimum Gasteiger partial charge on any atom is -0.495 e. The van der Waals surface area contributed by atoms with E-state index >= 15 is 0 Å². The highest BCUT2D eigenvalue weighted by molar-refractivity contribution is 6.06. The zero-order chi connectivity index (χ0) is 26.5. The number of ketones is 1. The Morgan fingerprint density at radius 2 is 1.87 bits per heavy atom. The van der Waals surface area contributed by atoms with Gasteiger partial charge in [-0.15, -0.1) is 0 Å². The first kappa shape index (κ1) is 23.9. The van der Waals surface area contributed by atoms with Crippen molar-refractivity contribution >= 4 is 29.2 Å². The number of carbonyl (C=O) groups excluding carboxylic acids is 4. The molecule has 2 heterocycles. The van der Waals surface area contributed by atoms with Crippen LogP contribution < -0.4 is 15.0 Å². The summed E-state index contributed by atoms with van der Waals surface area (Å²) < 4.78 is 5.47. The predicted molar refractivity (Wildman–Crippen MR) is 135 cm³/mol. The summed E-state index contributed by atoms with van der Waals surface area (Å²) in [6.45, 7) is 4.14. The van der Waals surface area contributed by atoms with Gasteiger partial charge in [0, 0.05) is 56.9 Å². The smallest absolute Gasteiger partial charge is 0.244 e. The number of amides is 3.